The molecule has 0 unspecified atom stereocenters. The van der Waals surface area contributed by atoms with E-state index in [0.717, 1.165) is 5.56 Å². The van der Waals surface area contributed by atoms with Gasteiger partial charge in [0.25, 0.3) is 5.91 Å². The first-order chi connectivity index (χ1) is 11.0. The smallest absolute Gasteiger partial charge is 0.266 e. The zero-order valence-corrected chi connectivity index (χ0v) is 14.4. The third kappa shape index (κ3) is 3.58. The quantitative estimate of drug-likeness (QED) is 0.577. The van der Waals surface area contributed by atoms with Crippen LogP contribution >= 0.6 is 35.0 Å². The van der Waals surface area contributed by atoms with Crippen LogP contribution in [-0.4, -0.2) is 28.0 Å². The van der Waals surface area contributed by atoms with Crippen LogP contribution in [0.25, 0.3) is 6.08 Å². The molecule has 1 aromatic carbocycles. The summed E-state index contributed by atoms with van der Waals surface area (Å²) >= 11 is 13.3. The first-order valence-corrected chi connectivity index (χ1v) is 8.24. The van der Waals surface area contributed by atoms with Crippen molar-refractivity contribution < 1.29 is 4.79 Å². The monoisotopic (exact) mass is 363 g/mol. The van der Waals surface area contributed by atoms with Crippen molar-refractivity contribution in [3.8, 4) is 0 Å². The maximum Gasteiger partial charge on any atom is 0.266 e. The van der Waals surface area contributed by atoms with E-state index in [2.05, 4.69) is 9.98 Å². The number of likely N-dealkylation sites (N-methyl/N-ethyl adjacent to an activating group) is 1. The Morgan fingerprint density at radius 3 is 2.83 bits per heavy atom. The van der Waals surface area contributed by atoms with Crippen LogP contribution in [0.3, 0.4) is 0 Å². The van der Waals surface area contributed by atoms with Gasteiger partial charge in [0.1, 0.15) is 5.69 Å². The van der Waals surface area contributed by atoms with Gasteiger partial charge >= 0.3 is 0 Å². The van der Waals surface area contributed by atoms with Crippen LogP contribution in [0.15, 0.2) is 52.5 Å². The van der Waals surface area contributed by atoms with E-state index in [1.54, 1.807) is 43.6 Å². The maximum atomic E-state index is 12.4. The molecule has 0 bridgehead atoms. The highest BCUT2D eigenvalue weighted by molar-refractivity contribution is 8.18. The Bertz CT molecular complexity index is 836. The van der Waals surface area contributed by atoms with Gasteiger partial charge in [-0.1, -0.05) is 35.3 Å². The van der Waals surface area contributed by atoms with Crippen LogP contribution in [0.2, 0.25) is 10.2 Å². The predicted molar refractivity (Wildman–Crippen MR) is 96.1 cm³/mol. The summed E-state index contributed by atoms with van der Waals surface area (Å²) in [4.78, 5) is 22.8. The molecule has 0 atom stereocenters. The second-order valence-electron chi connectivity index (χ2n) is 4.74. The number of aromatic nitrogens is 1. The number of pyridine rings is 1. The summed E-state index contributed by atoms with van der Waals surface area (Å²) in [6, 6.07) is 10.8. The summed E-state index contributed by atoms with van der Waals surface area (Å²) in [5.74, 6) is -0.117. The number of benzene rings is 1. The zero-order valence-electron chi connectivity index (χ0n) is 12.0. The van der Waals surface area contributed by atoms with Crippen molar-refractivity contribution in [1.29, 1.82) is 0 Å². The van der Waals surface area contributed by atoms with Gasteiger partial charge in [0.05, 0.1) is 4.91 Å². The zero-order chi connectivity index (χ0) is 16.4. The fourth-order valence-corrected chi connectivity index (χ4v) is 3.30. The molecule has 0 radical (unpaired) electrons. The molecule has 23 heavy (non-hydrogen) atoms. The molecule has 116 valence electrons. The van der Waals surface area contributed by atoms with Crippen molar-refractivity contribution in [3.05, 3.63) is 63.2 Å². The molecule has 1 amide bonds. The van der Waals surface area contributed by atoms with E-state index >= 15 is 0 Å². The van der Waals surface area contributed by atoms with Gasteiger partial charge in [0, 0.05) is 18.3 Å². The Morgan fingerprint density at radius 2 is 2.09 bits per heavy atom. The van der Waals surface area contributed by atoms with E-state index in [4.69, 9.17) is 23.2 Å². The van der Waals surface area contributed by atoms with Gasteiger partial charge in [0.15, 0.2) is 10.3 Å². The van der Waals surface area contributed by atoms with Crippen molar-refractivity contribution in [2.75, 3.05) is 7.05 Å². The van der Waals surface area contributed by atoms with E-state index in [1.165, 1.54) is 16.7 Å². The molecule has 1 aromatic heterocycles. The van der Waals surface area contributed by atoms with Gasteiger partial charge in [-0.25, -0.2) is 9.98 Å². The first-order valence-electron chi connectivity index (χ1n) is 6.67. The van der Waals surface area contributed by atoms with Crippen molar-refractivity contribution >= 4 is 57.8 Å². The molecule has 4 nitrogen and oxygen atoms in total. The van der Waals surface area contributed by atoms with Crippen LogP contribution in [0.5, 0.6) is 0 Å². The summed E-state index contributed by atoms with van der Waals surface area (Å²) in [5, 5.41) is 1.48. The van der Waals surface area contributed by atoms with E-state index in [9.17, 15) is 4.79 Å². The Kier molecular flexibility index (Phi) is 4.71. The predicted octanol–water partition coefficient (Wildman–Crippen LogP) is 4.62. The van der Waals surface area contributed by atoms with Crippen molar-refractivity contribution in [3.63, 3.8) is 0 Å². The van der Waals surface area contributed by atoms with E-state index in [0.29, 0.717) is 25.9 Å². The number of carbonyl (C=O) groups is 1. The highest BCUT2D eigenvalue weighted by atomic mass is 35.5. The van der Waals surface area contributed by atoms with Crippen LogP contribution < -0.4 is 0 Å². The molecule has 2 heterocycles. The lowest BCUT2D eigenvalue weighted by Crippen LogP contribution is -2.23. The lowest BCUT2D eigenvalue weighted by Gasteiger charge is -2.07. The maximum absolute atomic E-state index is 12.4. The number of hydrogen-bond acceptors (Lipinski definition) is 4. The summed E-state index contributed by atoms with van der Waals surface area (Å²) in [6.07, 6.45) is 3.38. The van der Waals surface area contributed by atoms with Crippen LogP contribution in [0, 0.1) is 0 Å². The second-order valence-corrected chi connectivity index (χ2v) is 6.54. The molecular formula is C16H11Cl2N3OS. The number of hydrogen-bond donors (Lipinski definition) is 0. The van der Waals surface area contributed by atoms with E-state index in [1.807, 2.05) is 12.1 Å². The molecule has 0 N–H and O–H groups in total. The fourth-order valence-electron chi connectivity index (χ4n) is 1.96. The number of aliphatic imine (C=N–C) groups is 1. The number of carbonyl (C=O) groups excluding carboxylic acids is 1. The molecule has 1 aliphatic rings. The average Bonchev–Trinajstić information content (AvgIpc) is 2.78. The van der Waals surface area contributed by atoms with Crippen molar-refractivity contribution in [2.45, 2.75) is 0 Å². The molecule has 0 aliphatic carbocycles. The van der Waals surface area contributed by atoms with E-state index < -0.39 is 0 Å². The Morgan fingerprint density at radius 1 is 1.26 bits per heavy atom. The van der Waals surface area contributed by atoms with Crippen molar-refractivity contribution in [2.24, 2.45) is 4.99 Å². The van der Waals surface area contributed by atoms with Gasteiger partial charge < -0.3 is 0 Å². The van der Waals surface area contributed by atoms with Gasteiger partial charge in [-0.2, -0.15) is 0 Å². The molecule has 3 rings (SSSR count). The normalized spacial score (nSPS) is 18.2. The highest BCUT2D eigenvalue weighted by Gasteiger charge is 2.30. The van der Waals surface area contributed by atoms with E-state index in [-0.39, 0.29) is 5.91 Å². The van der Waals surface area contributed by atoms with Gasteiger partial charge in [-0.15, -0.1) is 0 Å². The number of amidine groups is 1. The minimum absolute atomic E-state index is 0.117. The topological polar surface area (TPSA) is 45.6 Å². The molecule has 1 aliphatic heterocycles. The Labute approximate surface area is 147 Å². The second kappa shape index (κ2) is 6.74. The van der Waals surface area contributed by atoms with Crippen LogP contribution in [-0.2, 0) is 4.79 Å². The third-order valence-electron chi connectivity index (χ3n) is 3.11. The first kappa shape index (κ1) is 16.1. The number of nitrogens with zero attached hydrogens (tertiary/aromatic N) is 3. The number of halogens is 2. The van der Waals surface area contributed by atoms with Gasteiger partial charge in [-0.05, 0) is 47.7 Å². The summed E-state index contributed by atoms with van der Waals surface area (Å²) in [7, 11) is 1.68. The molecule has 0 saturated carbocycles. The third-order valence-corrected chi connectivity index (χ3v) is 4.69. The molecule has 7 heteroatoms. The largest absolute Gasteiger partial charge is 0.290 e. The summed E-state index contributed by atoms with van der Waals surface area (Å²) in [5.41, 5.74) is 1.39. The average molecular weight is 364 g/mol. The van der Waals surface area contributed by atoms with Crippen molar-refractivity contribution in [1.82, 2.24) is 9.88 Å². The number of thioether (sulfide) groups is 1. The summed E-state index contributed by atoms with van der Waals surface area (Å²) < 4.78 is 0. The summed E-state index contributed by atoms with van der Waals surface area (Å²) in [6.45, 7) is 0. The van der Waals surface area contributed by atoms with Gasteiger partial charge in [0.2, 0.25) is 0 Å². The SMILES string of the molecule is CN1C(=O)/C(=C/c2cccc(Cl)c2)SC1=Nc1cccnc1Cl. The molecule has 0 spiro atoms. The van der Waals surface area contributed by atoms with Crippen LogP contribution in [0.4, 0.5) is 5.69 Å². The number of amides is 1. The standard InChI is InChI=1S/C16H11Cl2N3OS/c1-21-15(22)13(9-10-4-2-5-11(17)8-10)23-16(21)20-12-6-3-7-19-14(12)18/h2-9H,1H3/b13-9-,20-16?. The fraction of sp³-hybridized carbons (Fsp3) is 0.0625. The minimum atomic E-state index is -0.117. The Hall–Kier alpha value is -1.82. The molecule has 2 aromatic rings. The van der Waals surface area contributed by atoms with Crippen LogP contribution in [0.1, 0.15) is 5.56 Å². The minimum Gasteiger partial charge on any atom is -0.290 e. The number of rotatable bonds is 2. The molecule has 1 saturated heterocycles. The molecular weight excluding hydrogens is 353 g/mol. The lowest BCUT2D eigenvalue weighted by molar-refractivity contribution is -0.121. The lowest BCUT2D eigenvalue weighted by atomic mass is 10.2. The van der Waals surface area contributed by atoms with Gasteiger partial charge in [-0.3, -0.25) is 9.69 Å². The molecule has 1 fully saturated rings. The highest BCUT2D eigenvalue weighted by Crippen LogP contribution is 2.34. The Balaban J connectivity index is 1.93.